The summed E-state index contributed by atoms with van der Waals surface area (Å²) in [6.07, 6.45) is 2.09. The largest absolute Gasteiger partial charge is 0.485 e. The normalized spacial score (nSPS) is 10.8. The van der Waals surface area contributed by atoms with Crippen molar-refractivity contribution in [3.63, 3.8) is 0 Å². The van der Waals surface area contributed by atoms with Gasteiger partial charge in [-0.05, 0) is 25.0 Å². The summed E-state index contributed by atoms with van der Waals surface area (Å²) in [5.74, 6) is 0.587. The summed E-state index contributed by atoms with van der Waals surface area (Å²) in [4.78, 5) is 4.51. The summed E-state index contributed by atoms with van der Waals surface area (Å²) in [5, 5.41) is 4.17. The van der Waals surface area contributed by atoms with Gasteiger partial charge in [-0.2, -0.15) is 0 Å². The lowest BCUT2D eigenvalue weighted by atomic mass is 10.2. The molecule has 1 heterocycles. The van der Waals surface area contributed by atoms with E-state index in [1.807, 2.05) is 5.38 Å². The van der Waals surface area contributed by atoms with Gasteiger partial charge < -0.3 is 10.5 Å². The molecule has 2 rings (SSSR count). The number of benzene rings is 1. The van der Waals surface area contributed by atoms with Crippen LogP contribution in [0.5, 0.6) is 5.75 Å². The van der Waals surface area contributed by atoms with Crippen LogP contribution >= 0.6 is 34.5 Å². The second kappa shape index (κ2) is 7.27. The molecule has 6 heteroatoms. The average molecular weight is 331 g/mol. The Bertz CT molecular complexity index is 587. The molecular formula is C14H16Cl2N2OS. The Labute approximate surface area is 132 Å². The molecule has 2 aromatic rings. The van der Waals surface area contributed by atoms with E-state index in [4.69, 9.17) is 33.7 Å². The Balaban J connectivity index is 2.10. The summed E-state index contributed by atoms with van der Waals surface area (Å²) in [6, 6.07) is 3.42. The quantitative estimate of drug-likeness (QED) is 0.851. The first-order valence-corrected chi connectivity index (χ1v) is 8.01. The van der Waals surface area contributed by atoms with Gasteiger partial charge in [-0.25, -0.2) is 4.98 Å². The molecule has 3 nitrogen and oxygen atoms in total. The maximum absolute atomic E-state index is 6.15. The molecule has 1 aromatic carbocycles. The summed E-state index contributed by atoms with van der Waals surface area (Å²) in [6.45, 7) is 2.85. The van der Waals surface area contributed by atoms with Crippen LogP contribution in [-0.2, 0) is 19.6 Å². The van der Waals surface area contributed by atoms with E-state index >= 15 is 0 Å². The van der Waals surface area contributed by atoms with Crippen molar-refractivity contribution in [1.29, 1.82) is 0 Å². The van der Waals surface area contributed by atoms with E-state index < -0.39 is 0 Å². The molecule has 0 saturated carbocycles. The van der Waals surface area contributed by atoms with Crippen molar-refractivity contribution in [2.24, 2.45) is 5.73 Å². The van der Waals surface area contributed by atoms with E-state index in [9.17, 15) is 0 Å². The van der Waals surface area contributed by atoms with Crippen molar-refractivity contribution >= 4 is 34.5 Å². The lowest BCUT2D eigenvalue weighted by molar-refractivity contribution is 0.299. The predicted octanol–water partition coefficient (Wildman–Crippen LogP) is 4.44. The van der Waals surface area contributed by atoms with Gasteiger partial charge in [-0.15, -0.1) is 11.3 Å². The fourth-order valence-electron chi connectivity index (χ4n) is 1.82. The number of nitrogens with zero attached hydrogens (tertiary/aromatic N) is 1. The molecule has 20 heavy (non-hydrogen) atoms. The van der Waals surface area contributed by atoms with Crippen LogP contribution in [0.15, 0.2) is 17.5 Å². The lowest BCUT2D eigenvalue weighted by Gasteiger charge is -2.11. The Hall–Kier alpha value is -0.810. The zero-order valence-corrected chi connectivity index (χ0v) is 13.5. The molecule has 0 aliphatic rings. The number of halogens is 2. The summed E-state index contributed by atoms with van der Waals surface area (Å²) in [5.41, 5.74) is 7.40. The minimum absolute atomic E-state index is 0.327. The first-order valence-electron chi connectivity index (χ1n) is 6.38. The fraction of sp³-hybridized carbons (Fsp3) is 0.357. The fourth-order valence-corrected chi connectivity index (χ4v) is 3.29. The van der Waals surface area contributed by atoms with Crippen molar-refractivity contribution < 1.29 is 4.74 Å². The highest BCUT2D eigenvalue weighted by Gasteiger charge is 2.11. The Morgan fingerprint density at radius 2 is 2.15 bits per heavy atom. The van der Waals surface area contributed by atoms with Gasteiger partial charge in [-0.3, -0.25) is 0 Å². The van der Waals surface area contributed by atoms with E-state index in [1.54, 1.807) is 23.5 Å². The maximum atomic E-state index is 6.15. The van der Waals surface area contributed by atoms with Gasteiger partial charge in [0.2, 0.25) is 0 Å². The zero-order chi connectivity index (χ0) is 14.5. The van der Waals surface area contributed by atoms with Crippen LogP contribution in [0.1, 0.15) is 29.6 Å². The summed E-state index contributed by atoms with van der Waals surface area (Å²) in [7, 11) is 0. The number of hydrogen-bond donors (Lipinski definition) is 1. The molecule has 0 spiro atoms. The minimum atomic E-state index is 0.327. The smallest absolute Gasteiger partial charge is 0.143 e. The van der Waals surface area contributed by atoms with Crippen molar-refractivity contribution in [3.8, 4) is 5.75 Å². The van der Waals surface area contributed by atoms with Gasteiger partial charge in [-0.1, -0.05) is 30.1 Å². The molecule has 2 N–H and O–H groups in total. The number of thiazole rings is 1. The predicted molar refractivity (Wildman–Crippen MR) is 84.8 cm³/mol. The second-order valence-electron chi connectivity index (χ2n) is 4.35. The average Bonchev–Trinajstić information content (AvgIpc) is 2.85. The van der Waals surface area contributed by atoms with Crippen LogP contribution in [0, 0.1) is 0 Å². The first-order chi connectivity index (χ1) is 9.63. The number of rotatable bonds is 6. The van der Waals surface area contributed by atoms with E-state index in [2.05, 4.69) is 11.9 Å². The van der Waals surface area contributed by atoms with Crippen molar-refractivity contribution in [1.82, 2.24) is 4.98 Å². The minimum Gasteiger partial charge on any atom is -0.485 e. The van der Waals surface area contributed by atoms with Gasteiger partial charge >= 0.3 is 0 Å². The lowest BCUT2D eigenvalue weighted by Crippen LogP contribution is -2.04. The topological polar surface area (TPSA) is 48.1 Å². The molecule has 0 aliphatic carbocycles. The standard InChI is InChI=1S/C14H16Cl2N2OS/c1-2-3-13-18-11(8-20-13)7-19-14-9(6-17)4-10(15)5-12(14)16/h4-5,8H,2-3,6-7,17H2,1H3. The van der Waals surface area contributed by atoms with E-state index in [0.29, 0.717) is 28.9 Å². The van der Waals surface area contributed by atoms with Gasteiger partial charge in [0.25, 0.3) is 0 Å². The molecule has 1 aromatic heterocycles. The van der Waals surface area contributed by atoms with Crippen molar-refractivity contribution in [2.75, 3.05) is 0 Å². The van der Waals surface area contributed by atoms with Crippen LogP contribution in [-0.4, -0.2) is 4.98 Å². The number of hydrogen-bond acceptors (Lipinski definition) is 4. The van der Waals surface area contributed by atoms with E-state index in [0.717, 1.165) is 29.1 Å². The highest BCUT2D eigenvalue weighted by molar-refractivity contribution is 7.09. The van der Waals surface area contributed by atoms with Gasteiger partial charge in [0.1, 0.15) is 12.4 Å². The third kappa shape index (κ3) is 3.85. The molecule has 0 aliphatic heterocycles. The maximum Gasteiger partial charge on any atom is 0.143 e. The number of ether oxygens (including phenoxy) is 1. The number of aromatic nitrogens is 1. The molecule has 0 amide bonds. The van der Waals surface area contributed by atoms with Crippen LogP contribution in [0.3, 0.4) is 0 Å². The SMILES string of the molecule is CCCc1nc(COc2c(Cl)cc(Cl)cc2CN)cs1. The molecular weight excluding hydrogens is 315 g/mol. The molecule has 0 saturated heterocycles. The van der Waals surface area contributed by atoms with Crippen LogP contribution < -0.4 is 10.5 Å². The van der Waals surface area contributed by atoms with Crippen molar-refractivity contribution in [2.45, 2.75) is 32.9 Å². The van der Waals surface area contributed by atoms with Crippen molar-refractivity contribution in [3.05, 3.63) is 43.8 Å². The summed E-state index contributed by atoms with van der Waals surface area (Å²) < 4.78 is 5.76. The summed E-state index contributed by atoms with van der Waals surface area (Å²) >= 11 is 13.8. The van der Waals surface area contributed by atoms with Crippen LogP contribution in [0.4, 0.5) is 0 Å². The third-order valence-corrected chi connectivity index (χ3v) is 4.19. The second-order valence-corrected chi connectivity index (χ2v) is 6.14. The number of aryl methyl sites for hydroxylation is 1. The van der Waals surface area contributed by atoms with E-state index in [-0.39, 0.29) is 0 Å². The number of nitrogens with two attached hydrogens (primary N) is 1. The molecule has 0 unspecified atom stereocenters. The molecule has 0 bridgehead atoms. The van der Waals surface area contributed by atoms with Gasteiger partial charge in [0.05, 0.1) is 15.7 Å². The third-order valence-electron chi connectivity index (χ3n) is 2.73. The molecule has 108 valence electrons. The highest BCUT2D eigenvalue weighted by Crippen LogP contribution is 2.32. The van der Waals surface area contributed by atoms with Crippen LogP contribution in [0.25, 0.3) is 0 Å². The van der Waals surface area contributed by atoms with Gasteiger partial charge in [0.15, 0.2) is 0 Å². The Morgan fingerprint density at radius 3 is 2.85 bits per heavy atom. The first kappa shape index (κ1) is 15.6. The highest BCUT2D eigenvalue weighted by atomic mass is 35.5. The van der Waals surface area contributed by atoms with Gasteiger partial charge in [0, 0.05) is 22.5 Å². The Morgan fingerprint density at radius 1 is 1.35 bits per heavy atom. The monoisotopic (exact) mass is 330 g/mol. The molecule has 0 radical (unpaired) electrons. The molecule has 0 fully saturated rings. The van der Waals surface area contributed by atoms with E-state index in [1.165, 1.54) is 0 Å². The molecule has 0 atom stereocenters. The van der Waals surface area contributed by atoms with Crippen LogP contribution in [0.2, 0.25) is 10.0 Å². The Kier molecular flexibility index (Phi) is 5.66. The zero-order valence-electron chi connectivity index (χ0n) is 11.2.